The van der Waals surface area contributed by atoms with Gasteiger partial charge in [-0.15, -0.1) is 11.3 Å². The molecule has 0 saturated carbocycles. The highest BCUT2D eigenvalue weighted by Crippen LogP contribution is 2.28. The molecule has 5 nitrogen and oxygen atoms in total. The van der Waals surface area contributed by atoms with E-state index in [0.717, 1.165) is 40.9 Å². The van der Waals surface area contributed by atoms with Crippen molar-refractivity contribution in [3.63, 3.8) is 0 Å². The number of sulfonamides is 1. The summed E-state index contributed by atoms with van der Waals surface area (Å²) >= 11 is 1.04. The second-order valence-electron chi connectivity index (χ2n) is 7.32. The molecule has 146 valence electrons. The Bertz CT molecular complexity index is 926. The quantitative estimate of drug-likeness (QED) is 0.823. The number of carbonyl (C=O) groups excluding carboxylic acids is 1. The van der Waals surface area contributed by atoms with Crippen molar-refractivity contribution < 1.29 is 13.2 Å². The largest absolute Gasteiger partial charge is 0.347 e. The lowest BCUT2D eigenvalue weighted by atomic mass is 10.0. The van der Waals surface area contributed by atoms with Gasteiger partial charge in [-0.1, -0.05) is 30.7 Å². The molecule has 7 heteroatoms. The Morgan fingerprint density at radius 2 is 1.89 bits per heavy atom. The lowest BCUT2D eigenvalue weighted by Gasteiger charge is -2.28. The maximum absolute atomic E-state index is 12.8. The zero-order chi connectivity index (χ0) is 19.6. The van der Waals surface area contributed by atoms with Crippen LogP contribution in [-0.2, 0) is 16.6 Å². The lowest BCUT2D eigenvalue weighted by molar-refractivity contribution is 0.0955. The first-order chi connectivity index (χ1) is 12.8. The Balaban J connectivity index is 1.67. The van der Waals surface area contributed by atoms with Gasteiger partial charge in [-0.25, -0.2) is 8.42 Å². The summed E-state index contributed by atoms with van der Waals surface area (Å²) in [5.41, 5.74) is 3.33. The van der Waals surface area contributed by atoms with Crippen LogP contribution in [0.4, 0.5) is 0 Å². The zero-order valence-corrected chi connectivity index (χ0v) is 17.6. The van der Waals surface area contributed by atoms with Crippen LogP contribution in [0.25, 0.3) is 0 Å². The number of rotatable bonds is 5. The molecule has 0 aliphatic carbocycles. The van der Waals surface area contributed by atoms with Crippen LogP contribution >= 0.6 is 11.3 Å². The maximum atomic E-state index is 12.8. The van der Waals surface area contributed by atoms with Gasteiger partial charge in [0.25, 0.3) is 15.9 Å². The molecule has 0 atom stereocenters. The van der Waals surface area contributed by atoms with Gasteiger partial charge < -0.3 is 5.32 Å². The van der Waals surface area contributed by atoms with Gasteiger partial charge in [-0.05, 0) is 55.9 Å². The highest BCUT2D eigenvalue weighted by molar-refractivity contribution is 7.91. The van der Waals surface area contributed by atoms with E-state index in [1.54, 1.807) is 12.1 Å². The van der Waals surface area contributed by atoms with Crippen molar-refractivity contribution in [1.29, 1.82) is 0 Å². The van der Waals surface area contributed by atoms with Crippen LogP contribution in [0.15, 0.2) is 34.5 Å². The average Bonchev–Trinajstić information content (AvgIpc) is 3.14. The Morgan fingerprint density at radius 1 is 1.19 bits per heavy atom. The molecule has 1 saturated heterocycles. The van der Waals surface area contributed by atoms with Crippen molar-refractivity contribution in [2.75, 3.05) is 13.1 Å². The standard InChI is InChI=1S/C20H26N2O3S2/c1-14-8-10-22(11-9-14)27(24,25)19-7-6-18(26-19)20(23)21-13-17-12-15(2)4-5-16(17)3/h4-7,12,14H,8-11,13H2,1-3H3,(H,21,23). The molecule has 0 radical (unpaired) electrons. The van der Waals surface area contributed by atoms with E-state index in [4.69, 9.17) is 0 Å². The SMILES string of the molecule is Cc1ccc(C)c(CNC(=O)c2ccc(S(=O)(=O)N3CCC(C)CC3)s2)c1. The van der Waals surface area contributed by atoms with Crippen LogP contribution in [0.3, 0.4) is 0 Å². The Morgan fingerprint density at radius 3 is 2.59 bits per heavy atom. The first-order valence-electron chi connectivity index (χ1n) is 9.21. The molecule has 3 rings (SSSR count). The number of piperidine rings is 1. The van der Waals surface area contributed by atoms with Crippen LogP contribution in [0, 0.1) is 19.8 Å². The molecular formula is C20H26N2O3S2. The van der Waals surface area contributed by atoms with E-state index >= 15 is 0 Å². The molecule has 1 aliphatic rings. The molecule has 2 heterocycles. The van der Waals surface area contributed by atoms with E-state index in [2.05, 4.69) is 18.3 Å². The fraction of sp³-hybridized carbons (Fsp3) is 0.450. The van der Waals surface area contributed by atoms with E-state index in [1.807, 2.05) is 26.0 Å². The van der Waals surface area contributed by atoms with E-state index in [0.29, 0.717) is 30.4 Å². The van der Waals surface area contributed by atoms with Gasteiger partial charge in [0, 0.05) is 19.6 Å². The molecule has 0 bridgehead atoms. The Hall–Kier alpha value is -1.70. The average molecular weight is 407 g/mol. The Kier molecular flexibility index (Phi) is 6.03. The molecule has 1 N–H and O–H groups in total. The van der Waals surface area contributed by atoms with Crippen molar-refractivity contribution in [3.8, 4) is 0 Å². The predicted octanol–water partition coefficient (Wildman–Crippen LogP) is 3.72. The number of nitrogens with zero attached hydrogens (tertiary/aromatic N) is 1. The molecular weight excluding hydrogens is 380 g/mol. The van der Waals surface area contributed by atoms with E-state index in [9.17, 15) is 13.2 Å². The van der Waals surface area contributed by atoms with Crippen LogP contribution in [0.1, 0.15) is 46.1 Å². The highest BCUT2D eigenvalue weighted by Gasteiger charge is 2.29. The van der Waals surface area contributed by atoms with Crippen LogP contribution in [0.5, 0.6) is 0 Å². The minimum Gasteiger partial charge on any atom is -0.347 e. The summed E-state index contributed by atoms with van der Waals surface area (Å²) in [6.45, 7) is 7.70. The topological polar surface area (TPSA) is 66.5 Å². The fourth-order valence-electron chi connectivity index (χ4n) is 3.19. The Labute approximate surface area is 165 Å². The first kappa shape index (κ1) is 20.0. The second kappa shape index (κ2) is 8.12. The summed E-state index contributed by atoms with van der Waals surface area (Å²) in [7, 11) is -3.51. The summed E-state index contributed by atoms with van der Waals surface area (Å²) < 4.78 is 27.4. The summed E-state index contributed by atoms with van der Waals surface area (Å²) in [6, 6.07) is 9.27. The van der Waals surface area contributed by atoms with Gasteiger partial charge in [0.15, 0.2) is 0 Å². The third-order valence-corrected chi connectivity index (χ3v) is 8.54. The summed E-state index contributed by atoms with van der Waals surface area (Å²) in [4.78, 5) is 12.9. The zero-order valence-electron chi connectivity index (χ0n) is 16.0. The van der Waals surface area contributed by atoms with Crippen LogP contribution in [0.2, 0.25) is 0 Å². The van der Waals surface area contributed by atoms with Gasteiger partial charge in [-0.2, -0.15) is 4.31 Å². The fourth-order valence-corrected chi connectivity index (χ4v) is 6.03. The van der Waals surface area contributed by atoms with Gasteiger partial charge >= 0.3 is 0 Å². The molecule has 0 spiro atoms. The van der Waals surface area contributed by atoms with Crippen molar-refractivity contribution in [1.82, 2.24) is 9.62 Å². The highest BCUT2D eigenvalue weighted by atomic mass is 32.2. The molecule has 1 aromatic carbocycles. The maximum Gasteiger partial charge on any atom is 0.261 e. The molecule has 1 aliphatic heterocycles. The summed E-state index contributed by atoms with van der Waals surface area (Å²) in [5, 5.41) is 2.90. The van der Waals surface area contributed by atoms with Crippen LogP contribution in [-0.4, -0.2) is 31.7 Å². The van der Waals surface area contributed by atoms with E-state index < -0.39 is 10.0 Å². The summed E-state index contributed by atoms with van der Waals surface area (Å²) in [6.07, 6.45) is 1.77. The van der Waals surface area contributed by atoms with Crippen molar-refractivity contribution in [2.24, 2.45) is 5.92 Å². The molecule has 1 aromatic heterocycles. The molecule has 2 aromatic rings. The van der Waals surface area contributed by atoms with Crippen molar-refractivity contribution in [3.05, 3.63) is 51.9 Å². The minimum absolute atomic E-state index is 0.241. The first-order valence-corrected chi connectivity index (χ1v) is 11.5. The number of hydrogen-bond acceptors (Lipinski definition) is 4. The number of nitrogens with one attached hydrogen (secondary N) is 1. The predicted molar refractivity (Wildman–Crippen MR) is 109 cm³/mol. The van der Waals surface area contributed by atoms with Gasteiger partial charge in [-0.3, -0.25) is 4.79 Å². The number of carbonyl (C=O) groups is 1. The third kappa shape index (κ3) is 4.59. The normalized spacial score (nSPS) is 16.4. The number of aryl methyl sites for hydroxylation is 2. The number of hydrogen-bond donors (Lipinski definition) is 1. The smallest absolute Gasteiger partial charge is 0.261 e. The van der Waals surface area contributed by atoms with Gasteiger partial charge in [0.2, 0.25) is 0 Å². The number of amides is 1. The van der Waals surface area contributed by atoms with Gasteiger partial charge in [0.1, 0.15) is 4.21 Å². The molecule has 1 amide bonds. The number of thiophene rings is 1. The minimum atomic E-state index is -3.51. The molecule has 27 heavy (non-hydrogen) atoms. The monoisotopic (exact) mass is 406 g/mol. The van der Waals surface area contributed by atoms with Crippen LogP contribution < -0.4 is 5.32 Å². The van der Waals surface area contributed by atoms with E-state index in [1.165, 1.54) is 4.31 Å². The number of benzene rings is 1. The van der Waals surface area contributed by atoms with Gasteiger partial charge in [0.05, 0.1) is 4.88 Å². The molecule has 1 fully saturated rings. The second-order valence-corrected chi connectivity index (χ2v) is 10.6. The van der Waals surface area contributed by atoms with Crippen molar-refractivity contribution >= 4 is 27.3 Å². The van der Waals surface area contributed by atoms with Crippen molar-refractivity contribution in [2.45, 2.75) is 44.4 Å². The summed E-state index contributed by atoms with van der Waals surface area (Å²) in [5.74, 6) is 0.320. The molecule has 0 unspecified atom stereocenters. The van der Waals surface area contributed by atoms with E-state index in [-0.39, 0.29) is 10.1 Å². The third-order valence-electron chi connectivity index (χ3n) is 5.09. The lowest BCUT2D eigenvalue weighted by Crippen LogP contribution is -2.37.